The number of carbonyl (C=O) groups is 2. The molecular formula is C16H17N3O3S. The molecule has 3 atom stereocenters. The van der Waals surface area contributed by atoms with E-state index in [1.54, 1.807) is 17.7 Å². The van der Waals surface area contributed by atoms with Gasteiger partial charge >= 0.3 is 6.09 Å². The zero-order valence-corrected chi connectivity index (χ0v) is 13.8. The molecule has 0 radical (unpaired) electrons. The van der Waals surface area contributed by atoms with Gasteiger partial charge in [-0.25, -0.2) is 19.7 Å². The van der Waals surface area contributed by atoms with Gasteiger partial charge in [0, 0.05) is 22.4 Å². The lowest BCUT2D eigenvalue weighted by molar-refractivity contribution is -0.133. The molecule has 1 fully saturated rings. The molecule has 23 heavy (non-hydrogen) atoms. The number of amides is 2. The zero-order valence-electron chi connectivity index (χ0n) is 13.0. The van der Waals surface area contributed by atoms with E-state index in [4.69, 9.17) is 4.74 Å². The fourth-order valence-corrected chi connectivity index (χ4v) is 4.65. The van der Waals surface area contributed by atoms with Crippen molar-refractivity contribution in [1.29, 1.82) is 0 Å². The van der Waals surface area contributed by atoms with Crippen molar-refractivity contribution in [3.05, 3.63) is 23.0 Å². The van der Waals surface area contributed by atoms with Crippen molar-refractivity contribution in [3.8, 4) is 0 Å². The lowest BCUT2D eigenvalue weighted by Gasteiger charge is -2.26. The number of carbonyl (C=O) groups excluding carboxylic acids is 2. The second-order valence-corrected chi connectivity index (χ2v) is 7.31. The number of hydrogen-bond acceptors (Lipinski definition) is 6. The van der Waals surface area contributed by atoms with E-state index in [0.29, 0.717) is 6.42 Å². The van der Waals surface area contributed by atoms with E-state index >= 15 is 0 Å². The van der Waals surface area contributed by atoms with Crippen LogP contribution in [0.2, 0.25) is 0 Å². The SMILES string of the molecule is C[C@H]1OC(=O)N(C(=O)[C@@H]2CCc3c(sc4ncncc34)C2)[C@H]1C. The maximum absolute atomic E-state index is 12.8. The van der Waals surface area contributed by atoms with Crippen LogP contribution in [0, 0.1) is 5.92 Å². The quantitative estimate of drug-likeness (QED) is 0.803. The van der Waals surface area contributed by atoms with Crippen molar-refractivity contribution in [3.63, 3.8) is 0 Å². The summed E-state index contributed by atoms with van der Waals surface area (Å²) in [5.74, 6) is -0.273. The number of thiophene rings is 1. The van der Waals surface area contributed by atoms with Gasteiger partial charge in [-0.2, -0.15) is 0 Å². The van der Waals surface area contributed by atoms with E-state index in [1.807, 2.05) is 20.0 Å². The van der Waals surface area contributed by atoms with Crippen LogP contribution in [0.3, 0.4) is 0 Å². The van der Waals surface area contributed by atoms with Crippen LogP contribution < -0.4 is 0 Å². The number of cyclic esters (lactones) is 1. The molecule has 7 heteroatoms. The predicted molar refractivity (Wildman–Crippen MR) is 85.2 cm³/mol. The van der Waals surface area contributed by atoms with Gasteiger partial charge in [0.15, 0.2) is 0 Å². The molecule has 0 unspecified atom stereocenters. The van der Waals surface area contributed by atoms with Crippen molar-refractivity contribution in [2.45, 2.75) is 45.3 Å². The highest BCUT2D eigenvalue weighted by atomic mass is 32.1. The molecule has 0 bridgehead atoms. The standard InChI is InChI=1S/C16H17N3O3S/c1-8-9(2)22-16(21)19(8)15(20)10-3-4-11-12-6-17-7-18-14(12)23-13(11)5-10/h6-10H,3-5H2,1-2H3/t8-,9+,10+/m0/s1. The highest BCUT2D eigenvalue weighted by molar-refractivity contribution is 7.18. The highest BCUT2D eigenvalue weighted by Crippen LogP contribution is 2.38. The third-order valence-corrected chi connectivity index (χ3v) is 6.07. The van der Waals surface area contributed by atoms with Gasteiger partial charge in [-0.1, -0.05) is 0 Å². The second-order valence-electron chi connectivity index (χ2n) is 6.22. The summed E-state index contributed by atoms with van der Waals surface area (Å²) in [6, 6.07) is -0.204. The van der Waals surface area contributed by atoms with E-state index in [-0.39, 0.29) is 24.0 Å². The number of aryl methyl sites for hydroxylation is 1. The minimum atomic E-state index is -0.511. The average molecular weight is 331 g/mol. The first kappa shape index (κ1) is 14.6. The number of imide groups is 1. The van der Waals surface area contributed by atoms with Crippen LogP contribution in [0.15, 0.2) is 12.5 Å². The third kappa shape index (κ3) is 2.22. The van der Waals surface area contributed by atoms with Gasteiger partial charge in [-0.15, -0.1) is 11.3 Å². The lowest BCUT2D eigenvalue weighted by atomic mass is 9.87. The van der Waals surface area contributed by atoms with Crippen LogP contribution >= 0.6 is 11.3 Å². The Kier molecular flexibility index (Phi) is 3.33. The van der Waals surface area contributed by atoms with Crippen molar-refractivity contribution >= 4 is 33.6 Å². The number of aromatic nitrogens is 2. The van der Waals surface area contributed by atoms with Gasteiger partial charge in [-0.05, 0) is 38.7 Å². The summed E-state index contributed by atoms with van der Waals surface area (Å²) in [6.45, 7) is 3.68. The Morgan fingerprint density at radius 2 is 2.26 bits per heavy atom. The number of rotatable bonds is 1. The van der Waals surface area contributed by atoms with Crippen molar-refractivity contribution in [2.24, 2.45) is 5.92 Å². The van der Waals surface area contributed by atoms with Gasteiger partial charge in [0.2, 0.25) is 5.91 Å². The van der Waals surface area contributed by atoms with E-state index in [1.165, 1.54) is 15.3 Å². The Bertz CT molecular complexity index is 803. The number of hydrogen-bond donors (Lipinski definition) is 0. The van der Waals surface area contributed by atoms with Crippen LogP contribution in [-0.2, 0) is 22.4 Å². The summed E-state index contributed by atoms with van der Waals surface area (Å²) in [7, 11) is 0. The molecule has 2 aromatic heterocycles. The first-order chi connectivity index (χ1) is 11.1. The Morgan fingerprint density at radius 1 is 1.43 bits per heavy atom. The first-order valence-corrected chi connectivity index (χ1v) is 8.62. The zero-order chi connectivity index (χ0) is 16.1. The summed E-state index contributed by atoms with van der Waals surface area (Å²) in [5, 5.41) is 1.10. The van der Waals surface area contributed by atoms with Gasteiger partial charge in [-0.3, -0.25) is 4.79 Å². The molecule has 3 heterocycles. The molecule has 4 rings (SSSR count). The molecule has 0 saturated carbocycles. The summed E-state index contributed by atoms with van der Waals surface area (Å²) < 4.78 is 5.17. The molecule has 120 valence electrons. The maximum atomic E-state index is 12.8. The van der Waals surface area contributed by atoms with Crippen LogP contribution in [0.5, 0.6) is 0 Å². The summed E-state index contributed by atoms with van der Waals surface area (Å²) in [5.41, 5.74) is 1.26. The monoisotopic (exact) mass is 331 g/mol. The molecular weight excluding hydrogens is 314 g/mol. The predicted octanol–water partition coefficient (Wildman–Crippen LogP) is 2.55. The third-order valence-electron chi connectivity index (χ3n) is 4.89. The molecule has 2 aliphatic rings. The number of ether oxygens (including phenoxy) is 1. The lowest BCUT2D eigenvalue weighted by Crippen LogP contribution is -2.43. The van der Waals surface area contributed by atoms with Gasteiger partial charge in [0.1, 0.15) is 17.3 Å². The number of fused-ring (bicyclic) bond motifs is 3. The molecule has 0 spiro atoms. The molecule has 2 aromatic rings. The topological polar surface area (TPSA) is 72.4 Å². The van der Waals surface area contributed by atoms with Gasteiger partial charge in [0.05, 0.1) is 6.04 Å². The molecule has 1 aliphatic heterocycles. The summed E-state index contributed by atoms with van der Waals surface area (Å²) >= 11 is 1.63. The maximum Gasteiger partial charge on any atom is 0.417 e. The van der Waals surface area contributed by atoms with Crippen LogP contribution in [0.4, 0.5) is 4.79 Å². The van der Waals surface area contributed by atoms with E-state index in [2.05, 4.69) is 9.97 Å². The largest absolute Gasteiger partial charge is 0.444 e. The van der Waals surface area contributed by atoms with E-state index in [9.17, 15) is 9.59 Å². The Morgan fingerprint density at radius 3 is 3.00 bits per heavy atom. The molecule has 0 aromatic carbocycles. The van der Waals surface area contributed by atoms with Crippen LogP contribution in [-0.4, -0.2) is 39.0 Å². The minimum absolute atomic E-state index is 0.110. The smallest absolute Gasteiger partial charge is 0.417 e. The van der Waals surface area contributed by atoms with Crippen molar-refractivity contribution in [1.82, 2.24) is 14.9 Å². The fourth-order valence-electron chi connectivity index (χ4n) is 3.41. The first-order valence-electron chi connectivity index (χ1n) is 7.80. The van der Waals surface area contributed by atoms with E-state index in [0.717, 1.165) is 23.1 Å². The second kappa shape index (κ2) is 5.26. The van der Waals surface area contributed by atoms with Crippen molar-refractivity contribution in [2.75, 3.05) is 0 Å². The van der Waals surface area contributed by atoms with Gasteiger partial charge < -0.3 is 4.74 Å². The van der Waals surface area contributed by atoms with Crippen LogP contribution in [0.25, 0.3) is 10.2 Å². The van der Waals surface area contributed by atoms with Crippen LogP contribution in [0.1, 0.15) is 30.7 Å². The highest BCUT2D eigenvalue weighted by Gasteiger charge is 2.43. The molecule has 6 nitrogen and oxygen atoms in total. The molecule has 1 aliphatic carbocycles. The molecule has 1 saturated heterocycles. The number of nitrogens with zero attached hydrogens (tertiary/aromatic N) is 3. The Labute approximate surface area is 137 Å². The van der Waals surface area contributed by atoms with E-state index < -0.39 is 6.09 Å². The normalized spacial score (nSPS) is 27.1. The fraction of sp³-hybridized carbons (Fsp3) is 0.500. The Balaban J connectivity index is 1.60. The summed E-state index contributed by atoms with van der Waals surface area (Å²) in [6.07, 6.45) is 4.88. The Hall–Kier alpha value is -2.02. The van der Waals surface area contributed by atoms with Crippen molar-refractivity contribution < 1.29 is 14.3 Å². The van der Waals surface area contributed by atoms with Gasteiger partial charge in [0.25, 0.3) is 0 Å². The summed E-state index contributed by atoms with van der Waals surface area (Å²) in [4.78, 5) is 36.6. The minimum Gasteiger partial charge on any atom is -0.444 e. The molecule has 2 amide bonds. The average Bonchev–Trinajstić information content (AvgIpc) is 3.03. The molecule has 0 N–H and O–H groups in total.